The van der Waals surface area contributed by atoms with Gasteiger partial charge >= 0.3 is 0 Å². The minimum atomic E-state index is -0.811. The first kappa shape index (κ1) is 19.0. The van der Waals surface area contributed by atoms with E-state index in [-0.39, 0.29) is 11.7 Å². The molecular weight excluding hydrogens is 401 g/mol. The van der Waals surface area contributed by atoms with Gasteiger partial charge in [0, 0.05) is 53.4 Å². The molecule has 2 aromatic heterocycles. The van der Waals surface area contributed by atoms with Crippen molar-refractivity contribution in [2.24, 2.45) is 16.6 Å². The minimum Gasteiger partial charge on any atom is -0.481 e. The first-order valence-corrected chi connectivity index (χ1v) is 10.6. The lowest BCUT2D eigenvalue weighted by molar-refractivity contribution is 0.262. The Bertz CT molecular complexity index is 1140. The number of aliphatic imine (C=N–C) groups is 1. The van der Waals surface area contributed by atoms with Gasteiger partial charge in [-0.25, -0.2) is 19.3 Å². The van der Waals surface area contributed by atoms with E-state index in [1.807, 2.05) is 12.1 Å². The number of halogens is 1. The van der Waals surface area contributed by atoms with Gasteiger partial charge in [-0.05, 0) is 35.7 Å². The predicted octanol–water partition coefficient (Wildman–Crippen LogP) is 3.36. The Kier molecular flexibility index (Phi) is 4.66. The van der Waals surface area contributed by atoms with Crippen molar-refractivity contribution in [2.75, 3.05) is 12.9 Å². The number of amidine groups is 1. The molecule has 3 heterocycles. The number of fused-ring (bicyclic) bond motifs is 2. The highest BCUT2D eigenvalue weighted by Crippen LogP contribution is 2.50. The van der Waals surface area contributed by atoms with E-state index in [4.69, 9.17) is 15.5 Å². The van der Waals surface area contributed by atoms with Gasteiger partial charge in [-0.2, -0.15) is 0 Å². The fourth-order valence-electron chi connectivity index (χ4n) is 4.52. The van der Waals surface area contributed by atoms with Crippen LogP contribution in [0.25, 0.3) is 11.1 Å². The molecule has 0 saturated heterocycles. The Morgan fingerprint density at radius 3 is 2.83 bits per heavy atom. The monoisotopic (exact) mass is 421 g/mol. The van der Waals surface area contributed by atoms with Gasteiger partial charge in [0.25, 0.3) is 0 Å². The average Bonchev–Trinajstić information content (AvgIpc) is 2.78. The van der Waals surface area contributed by atoms with Crippen molar-refractivity contribution >= 4 is 16.9 Å². The Morgan fingerprint density at radius 2 is 2.03 bits per heavy atom. The highest BCUT2D eigenvalue weighted by Gasteiger charge is 2.48. The van der Waals surface area contributed by atoms with Crippen molar-refractivity contribution in [2.45, 2.75) is 18.4 Å². The Morgan fingerprint density at radius 1 is 1.20 bits per heavy atom. The molecular formula is C22H20FN5OS. The summed E-state index contributed by atoms with van der Waals surface area (Å²) in [7, 11) is 1.60. The van der Waals surface area contributed by atoms with Gasteiger partial charge in [-0.15, -0.1) is 0 Å². The molecule has 1 aliphatic heterocycles. The van der Waals surface area contributed by atoms with E-state index in [1.165, 1.54) is 29.7 Å². The molecule has 8 heteroatoms. The normalized spacial score (nSPS) is 22.6. The number of hydrogen-bond donors (Lipinski definition) is 1. The molecule has 0 spiro atoms. The SMILES string of the molecule is COc1nccc2c1C[C@]1(c3cc(-c4cncnc4)ccc3F)N=C(N)SC[C@@H]1C2. The second-order valence-corrected chi connectivity index (χ2v) is 8.58. The molecule has 152 valence electrons. The number of aromatic nitrogens is 3. The molecule has 0 unspecified atom stereocenters. The molecule has 3 aromatic rings. The van der Waals surface area contributed by atoms with Crippen LogP contribution in [0, 0.1) is 11.7 Å². The standard InChI is InChI=1S/C22H20FN5OS/c1-29-20-17-8-22(16(11-30-21(24)28-22)6-14(17)4-5-27-20)18-7-13(2-3-19(18)23)15-9-25-12-26-10-15/h2-5,7,9-10,12,16H,6,8,11H2,1H3,(H2,24,28)/t16-,22-/m0/s1. The number of hydrogen-bond acceptors (Lipinski definition) is 7. The molecule has 1 aliphatic carbocycles. The first-order chi connectivity index (χ1) is 14.6. The van der Waals surface area contributed by atoms with Crippen LogP contribution in [-0.4, -0.2) is 33.0 Å². The number of rotatable bonds is 3. The number of pyridine rings is 1. The fourth-order valence-corrected chi connectivity index (χ4v) is 5.51. The molecule has 2 atom stereocenters. The first-order valence-electron chi connectivity index (χ1n) is 9.65. The van der Waals surface area contributed by atoms with Gasteiger partial charge in [0.15, 0.2) is 5.17 Å². The van der Waals surface area contributed by atoms with E-state index >= 15 is 4.39 Å². The van der Waals surface area contributed by atoms with Gasteiger partial charge in [0.05, 0.1) is 12.6 Å². The summed E-state index contributed by atoms with van der Waals surface area (Å²) in [5.74, 6) is 1.14. The molecule has 0 amide bonds. The maximum atomic E-state index is 15.3. The van der Waals surface area contributed by atoms with Crippen LogP contribution in [0.2, 0.25) is 0 Å². The zero-order chi connectivity index (χ0) is 20.7. The third kappa shape index (κ3) is 3.02. The second kappa shape index (κ2) is 7.36. The van der Waals surface area contributed by atoms with E-state index in [2.05, 4.69) is 15.0 Å². The van der Waals surface area contributed by atoms with Crippen LogP contribution in [0.5, 0.6) is 5.88 Å². The number of ether oxygens (including phenoxy) is 1. The van der Waals surface area contributed by atoms with Crippen molar-refractivity contribution in [3.63, 3.8) is 0 Å². The van der Waals surface area contributed by atoms with Crippen molar-refractivity contribution in [3.8, 4) is 17.0 Å². The van der Waals surface area contributed by atoms with Crippen LogP contribution in [0.4, 0.5) is 4.39 Å². The Balaban J connectivity index is 1.71. The number of nitrogens with two attached hydrogens (primary N) is 1. The molecule has 0 saturated carbocycles. The summed E-state index contributed by atoms with van der Waals surface area (Å²) >= 11 is 1.53. The van der Waals surface area contributed by atoms with Crippen LogP contribution in [0.3, 0.4) is 0 Å². The van der Waals surface area contributed by atoms with Gasteiger partial charge in [-0.1, -0.05) is 17.8 Å². The largest absolute Gasteiger partial charge is 0.481 e. The Hall–Kier alpha value is -3.00. The van der Waals surface area contributed by atoms with Gasteiger partial charge in [0.1, 0.15) is 12.1 Å². The number of benzene rings is 1. The highest BCUT2D eigenvalue weighted by molar-refractivity contribution is 8.13. The van der Waals surface area contributed by atoms with Crippen LogP contribution in [-0.2, 0) is 18.4 Å². The lowest BCUT2D eigenvalue weighted by Gasteiger charge is -2.45. The second-order valence-electron chi connectivity index (χ2n) is 7.54. The summed E-state index contributed by atoms with van der Waals surface area (Å²) in [6, 6.07) is 7.11. The van der Waals surface area contributed by atoms with Crippen LogP contribution >= 0.6 is 11.8 Å². The molecule has 5 rings (SSSR count). The topological polar surface area (TPSA) is 86.3 Å². The number of nitrogens with zero attached hydrogens (tertiary/aromatic N) is 4. The van der Waals surface area contributed by atoms with Gasteiger partial charge in [-0.3, -0.25) is 4.99 Å². The van der Waals surface area contributed by atoms with E-state index < -0.39 is 5.54 Å². The summed E-state index contributed by atoms with van der Waals surface area (Å²) < 4.78 is 20.8. The third-order valence-corrected chi connectivity index (χ3v) is 6.92. The third-order valence-electron chi connectivity index (χ3n) is 5.96. The van der Waals surface area contributed by atoms with E-state index in [0.29, 0.717) is 23.0 Å². The van der Waals surface area contributed by atoms with Gasteiger partial charge in [0.2, 0.25) is 5.88 Å². The highest BCUT2D eigenvalue weighted by atomic mass is 32.2. The summed E-state index contributed by atoms with van der Waals surface area (Å²) in [6.07, 6.45) is 7.92. The maximum absolute atomic E-state index is 15.3. The summed E-state index contributed by atoms with van der Waals surface area (Å²) in [5.41, 5.74) is 9.71. The van der Waals surface area contributed by atoms with Crippen molar-refractivity contribution < 1.29 is 9.13 Å². The van der Waals surface area contributed by atoms with E-state index in [9.17, 15) is 0 Å². The maximum Gasteiger partial charge on any atom is 0.216 e. The zero-order valence-electron chi connectivity index (χ0n) is 16.4. The van der Waals surface area contributed by atoms with E-state index in [0.717, 1.165) is 28.9 Å². The number of methoxy groups -OCH3 is 1. The fraction of sp³-hybridized carbons (Fsp3) is 0.273. The lowest BCUT2D eigenvalue weighted by atomic mass is 9.67. The minimum absolute atomic E-state index is 0.103. The predicted molar refractivity (Wildman–Crippen MR) is 115 cm³/mol. The van der Waals surface area contributed by atoms with Gasteiger partial charge < -0.3 is 10.5 Å². The van der Waals surface area contributed by atoms with Crippen molar-refractivity contribution in [1.82, 2.24) is 15.0 Å². The summed E-state index contributed by atoms with van der Waals surface area (Å²) in [4.78, 5) is 17.4. The quantitative estimate of drug-likeness (QED) is 0.698. The summed E-state index contributed by atoms with van der Waals surface area (Å²) in [5, 5.41) is 0.477. The molecule has 6 nitrogen and oxygen atoms in total. The Labute approximate surface area is 177 Å². The van der Waals surface area contributed by atoms with Crippen LogP contribution in [0.1, 0.15) is 16.7 Å². The molecule has 2 N–H and O–H groups in total. The van der Waals surface area contributed by atoms with E-state index in [1.54, 1.807) is 31.8 Å². The van der Waals surface area contributed by atoms with Crippen LogP contribution in [0.15, 0.2) is 54.2 Å². The smallest absolute Gasteiger partial charge is 0.216 e. The van der Waals surface area contributed by atoms with Crippen molar-refractivity contribution in [1.29, 1.82) is 0 Å². The number of thioether (sulfide) groups is 1. The summed E-state index contributed by atoms with van der Waals surface area (Å²) in [6.45, 7) is 0. The van der Waals surface area contributed by atoms with Crippen LogP contribution < -0.4 is 10.5 Å². The lowest BCUT2D eigenvalue weighted by Crippen LogP contribution is -2.46. The van der Waals surface area contributed by atoms with Crippen molar-refractivity contribution in [3.05, 3.63) is 71.7 Å². The molecule has 0 bridgehead atoms. The molecule has 2 aliphatic rings. The zero-order valence-corrected chi connectivity index (χ0v) is 17.2. The average molecular weight is 422 g/mol. The molecule has 0 fully saturated rings. The molecule has 1 aromatic carbocycles. The molecule has 30 heavy (non-hydrogen) atoms. The molecule has 0 radical (unpaired) electrons.